The predicted octanol–water partition coefficient (Wildman–Crippen LogP) is 1.09. The fourth-order valence-corrected chi connectivity index (χ4v) is 2.46. The van der Waals surface area contributed by atoms with Crippen molar-refractivity contribution >= 4 is 10.0 Å². The Balaban J connectivity index is 2.04. The molecule has 1 saturated carbocycles. The van der Waals surface area contributed by atoms with Gasteiger partial charge >= 0.3 is 0 Å². The standard InChI is InChI=1S/C11H24N2O2S/c1-3-5-11(10-6-7-10)12-8-4-9-13-16(2,14)15/h10-13H,3-9H2,1-2H3. The minimum absolute atomic E-state index is 0.537. The minimum Gasteiger partial charge on any atom is -0.314 e. The van der Waals surface area contributed by atoms with Crippen LogP contribution in [0.15, 0.2) is 0 Å². The van der Waals surface area contributed by atoms with E-state index < -0.39 is 10.0 Å². The van der Waals surface area contributed by atoms with Crippen LogP contribution in [0.3, 0.4) is 0 Å². The quantitative estimate of drug-likeness (QED) is 0.601. The zero-order chi connectivity index (χ0) is 12.0. The lowest BCUT2D eigenvalue weighted by Crippen LogP contribution is -2.33. The van der Waals surface area contributed by atoms with Gasteiger partial charge in [0, 0.05) is 12.6 Å². The molecule has 0 bridgehead atoms. The van der Waals surface area contributed by atoms with Gasteiger partial charge in [0.15, 0.2) is 0 Å². The van der Waals surface area contributed by atoms with Crippen molar-refractivity contribution in [3.8, 4) is 0 Å². The molecule has 1 fully saturated rings. The number of nitrogens with one attached hydrogen (secondary N) is 2. The molecular formula is C11H24N2O2S. The largest absolute Gasteiger partial charge is 0.314 e. The van der Waals surface area contributed by atoms with Crippen LogP contribution in [0.5, 0.6) is 0 Å². The second-order valence-electron chi connectivity index (χ2n) is 4.71. The molecule has 1 aliphatic rings. The molecule has 0 radical (unpaired) electrons. The van der Waals surface area contributed by atoms with E-state index >= 15 is 0 Å². The first-order chi connectivity index (χ1) is 7.53. The van der Waals surface area contributed by atoms with Crippen LogP contribution >= 0.6 is 0 Å². The first-order valence-electron chi connectivity index (χ1n) is 6.21. The predicted molar refractivity (Wildman–Crippen MR) is 66.9 cm³/mol. The molecule has 0 aromatic carbocycles. The molecule has 1 rings (SSSR count). The van der Waals surface area contributed by atoms with E-state index in [1.54, 1.807) is 0 Å². The monoisotopic (exact) mass is 248 g/mol. The van der Waals surface area contributed by atoms with Gasteiger partial charge < -0.3 is 5.32 Å². The summed E-state index contributed by atoms with van der Waals surface area (Å²) in [5.74, 6) is 0.878. The van der Waals surface area contributed by atoms with Crippen molar-refractivity contribution < 1.29 is 8.42 Å². The molecule has 5 heteroatoms. The van der Waals surface area contributed by atoms with Gasteiger partial charge in [-0.3, -0.25) is 0 Å². The van der Waals surface area contributed by atoms with Crippen LogP contribution in [-0.4, -0.2) is 33.8 Å². The van der Waals surface area contributed by atoms with Crippen molar-refractivity contribution in [2.24, 2.45) is 5.92 Å². The van der Waals surface area contributed by atoms with Gasteiger partial charge in [0.1, 0.15) is 0 Å². The van der Waals surface area contributed by atoms with Crippen molar-refractivity contribution in [2.45, 2.75) is 45.1 Å². The van der Waals surface area contributed by atoms with E-state index in [1.807, 2.05) is 0 Å². The van der Waals surface area contributed by atoms with E-state index in [-0.39, 0.29) is 0 Å². The molecule has 1 atom stereocenters. The molecule has 16 heavy (non-hydrogen) atoms. The molecule has 0 spiro atoms. The summed E-state index contributed by atoms with van der Waals surface area (Å²) in [5.41, 5.74) is 0. The fraction of sp³-hybridized carbons (Fsp3) is 1.00. The third-order valence-electron chi connectivity index (χ3n) is 2.92. The maximum absolute atomic E-state index is 10.8. The molecule has 0 saturated heterocycles. The van der Waals surface area contributed by atoms with Gasteiger partial charge in [-0.25, -0.2) is 13.1 Å². The normalized spacial score (nSPS) is 18.6. The zero-order valence-corrected chi connectivity index (χ0v) is 11.1. The van der Waals surface area contributed by atoms with Gasteiger partial charge in [-0.05, 0) is 38.1 Å². The first kappa shape index (κ1) is 13.9. The smallest absolute Gasteiger partial charge is 0.208 e. The Bertz CT molecular complexity index is 286. The Labute approximate surface area is 99.2 Å². The van der Waals surface area contributed by atoms with Crippen LogP contribution in [0, 0.1) is 5.92 Å². The Morgan fingerprint density at radius 1 is 1.31 bits per heavy atom. The van der Waals surface area contributed by atoms with Crippen molar-refractivity contribution in [3.05, 3.63) is 0 Å². The Morgan fingerprint density at radius 2 is 2.00 bits per heavy atom. The maximum atomic E-state index is 10.8. The molecule has 0 aromatic heterocycles. The highest BCUT2D eigenvalue weighted by Crippen LogP contribution is 2.34. The highest BCUT2D eigenvalue weighted by atomic mass is 32.2. The lowest BCUT2D eigenvalue weighted by Gasteiger charge is -2.17. The highest BCUT2D eigenvalue weighted by molar-refractivity contribution is 7.88. The SMILES string of the molecule is CCCC(NCCCNS(C)(=O)=O)C1CC1. The summed E-state index contributed by atoms with van der Waals surface area (Å²) >= 11 is 0. The molecule has 1 unspecified atom stereocenters. The topological polar surface area (TPSA) is 58.2 Å². The van der Waals surface area contributed by atoms with Crippen LogP contribution in [0.2, 0.25) is 0 Å². The van der Waals surface area contributed by atoms with Crippen molar-refractivity contribution in [2.75, 3.05) is 19.3 Å². The molecule has 96 valence electrons. The summed E-state index contributed by atoms with van der Waals surface area (Å²) in [6.45, 7) is 3.65. The van der Waals surface area contributed by atoms with Gasteiger partial charge in [-0.15, -0.1) is 0 Å². The lowest BCUT2D eigenvalue weighted by molar-refractivity contribution is 0.427. The zero-order valence-electron chi connectivity index (χ0n) is 10.3. The summed E-state index contributed by atoms with van der Waals surface area (Å²) < 4.78 is 24.1. The van der Waals surface area contributed by atoms with E-state index in [9.17, 15) is 8.42 Å². The summed E-state index contributed by atoms with van der Waals surface area (Å²) in [6.07, 6.45) is 7.24. The van der Waals surface area contributed by atoms with E-state index in [0.29, 0.717) is 12.6 Å². The summed E-state index contributed by atoms with van der Waals surface area (Å²) in [6, 6.07) is 0.656. The number of rotatable bonds is 9. The summed E-state index contributed by atoms with van der Waals surface area (Å²) in [5, 5.41) is 3.53. The van der Waals surface area contributed by atoms with Crippen LogP contribution in [0.25, 0.3) is 0 Å². The third-order valence-corrected chi connectivity index (χ3v) is 3.64. The fourth-order valence-electron chi connectivity index (χ4n) is 1.95. The Morgan fingerprint density at radius 3 is 2.50 bits per heavy atom. The molecule has 0 amide bonds. The van der Waals surface area contributed by atoms with Gasteiger partial charge in [0.05, 0.1) is 6.26 Å². The Hall–Kier alpha value is -0.130. The molecular weight excluding hydrogens is 224 g/mol. The van der Waals surface area contributed by atoms with Crippen molar-refractivity contribution in [3.63, 3.8) is 0 Å². The van der Waals surface area contributed by atoms with Gasteiger partial charge in [0.2, 0.25) is 10.0 Å². The average molecular weight is 248 g/mol. The van der Waals surface area contributed by atoms with Gasteiger partial charge in [-0.2, -0.15) is 0 Å². The van der Waals surface area contributed by atoms with Crippen molar-refractivity contribution in [1.82, 2.24) is 10.0 Å². The second kappa shape index (κ2) is 6.57. The van der Waals surface area contributed by atoms with E-state index in [4.69, 9.17) is 0 Å². The summed E-state index contributed by atoms with van der Waals surface area (Å²) in [4.78, 5) is 0. The molecule has 1 aliphatic carbocycles. The van der Waals surface area contributed by atoms with E-state index in [1.165, 1.54) is 31.9 Å². The molecule has 2 N–H and O–H groups in total. The third kappa shape index (κ3) is 6.45. The van der Waals surface area contributed by atoms with Crippen LogP contribution in [0.4, 0.5) is 0 Å². The molecule has 0 aliphatic heterocycles. The maximum Gasteiger partial charge on any atom is 0.208 e. The number of sulfonamides is 1. The minimum atomic E-state index is -3.02. The first-order valence-corrected chi connectivity index (χ1v) is 8.10. The van der Waals surface area contributed by atoms with Crippen LogP contribution < -0.4 is 10.0 Å². The molecule has 4 nitrogen and oxygen atoms in total. The van der Waals surface area contributed by atoms with E-state index in [2.05, 4.69) is 17.0 Å². The lowest BCUT2D eigenvalue weighted by atomic mass is 10.1. The van der Waals surface area contributed by atoms with Gasteiger partial charge in [0.25, 0.3) is 0 Å². The average Bonchev–Trinajstić information content (AvgIpc) is 2.97. The number of hydrogen-bond donors (Lipinski definition) is 2. The molecule has 0 aromatic rings. The molecule has 0 heterocycles. The summed E-state index contributed by atoms with van der Waals surface area (Å²) in [7, 11) is -3.02. The van der Waals surface area contributed by atoms with Crippen LogP contribution in [0.1, 0.15) is 39.0 Å². The van der Waals surface area contributed by atoms with Crippen LogP contribution in [-0.2, 0) is 10.0 Å². The number of hydrogen-bond acceptors (Lipinski definition) is 3. The van der Waals surface area contributed by atoms with Gasteiger partial charge in [-0.1, -0.05) is 13.3 Å². The Kier molecular flexibility index (Phi) is 5.72. The second-order valence-corrected chi connectivity index (χ2v) is 6.54. The van der Waals surface area contributed by atoms with E-state index in [0.717, 1.165) is 18.9 Å². The van der Waals surface area contributed by atoms with Crippen molar-refractivity contribution in [1.29, 1.82) is 0 Å². The highest BCUT2D eigenvalue weighted by Gasteiger charge is 2.29.